The van der Waals surface area contributed by atoms with Gasteiger partial charge in [-0.05, 0) is 31.4 Å². The van der Waals surface area contributed by atoms with Crippen LogP contribution in [0.25, 0.3) is 0 Å². The van der Waals surface area contributed by atoms with Crippen molar-refractivity contribution in [2.24, 2.45) is 0 Å². The van der Waals surface area contributed by atoms with Crippen LogP contribution in [-0.2, 0) is 21.2 Å². The third kappa shape index (κ3) is 3.89. The Morgan fingerprint density at radius 3 is 2.63 bits per heavy atom. The molecule has 0 spiro atoms. The van der Waals surface area contributed by atoms with Gasteiger partial charge in [0.05, 0.1) is 4.90 Å². The summed E-state index contributed by atoms with van der Waals surface area (Å²) in [6.07, 6.45) is 1.03. The zero-order valence-corrected chi connectivity index (χ0v) is 16.6. The number of sulfonamides is 1. The molecule has 1 aliphatic heterocycles. The SMILES string of the molecule is CCc1ccccc1S(=O)(=O)N1CCC(c2nc(C)no2)N(C(C)=O)CC1. The van der Waals surface area contributed by atoms with Gasteiger partial charge in [-0.2, -0.15) is 9.29 Å². The highest BCUT2D eigenvalue weighted by Crippen LogP contribution is 2.29. The Labute approximate surface area is 159 Å². The van der Waals surface area contributed by atoms with Crippen LogP contribution in [0.3, 0.4) is 0 Å². The van der Waals surface area contributed by atoms with E-state index in [1.165, 1.54) is 11.2 Å². The number of aromatic nitrogens is 2. The summed E-state index contributed by atoms with van der Waals surface area (Å²) in [5, 5.41) is 3.80. The van der Waals surface area contributed by atoms with E-state index in [1.54, 1.807) is 24.0 Å². The molecule has 146 valence electrons. The summed E-state index contributed by atoms with van der Waals surface area (Å²) < 4.78 is 33.1. The molecule has 0 bridgehead atoms. The van der Waals surface area contributed by atoms with Gasteiger partial charge in [0.1, 0.15) is 6.04 Å². The highest BCUT2D eigenvalue weighted by atomic mass is 32.2. The molecule has 1 atom stereocenters. The van der Waals surface area contributed by atoms with E-state index in [2.05, 4.69) is 10.1 Å². The van der Waals surface area contributed by atoms with Crippen LogP contribution < -0.4 is 0 Å². The quantitative estimate of drug-likeness (QED) is 0.789. The predicted molar refractivity (Wildman–Crippen MR) is 98.4 cm³/mol. The van der Waals surface area contributed by atoms with Crippen molar-refractivity contribution in [1.82, 2.24) is 19.3 Å². The van der Waals surface area contributed by atoms with Crippen molar-refractivity contribution in [3.05, 3.63) is 41.5 Å². The van der Waals surface area contributed by atoms with E-state index in [0.717, 1.165) is 5.56 Å². The molecule has 27 heavy (non-hydrogen) atoms. The standard InChI is InChI=1S/C18H24N4O4S/c1-4-15-7-5-6-8-17(15)27(24,25)21-10-9-16(18-19-13(2)20-26-18)22(12-11-21)14(3)23/h5-8,16H,4,9-12H2,1-3H3. The van der Waals surface area contributed by atoms with Crippen molar-refractivity contribution in [3.63, 3.8) is 0 Å². The molecule has 8 nitrogen and oxygen atoms in total. The highest BCUT2D eigenvalue weighted by molar-refractivity contribution is 7.89. The minimum absolute atomic E-state index is 0.149. The number of benzene rings is 1. The molecule has 2 heterocycles. The zero-order valence-electron chi connectivity index (χ0n) is 15.8. The molecule has 1 aromatic carbocycles. The fraction of sp³-hybridized carbons (Fsp3) is 0.500. The summed E-state index contributed by atoms with van der Waals surface area (Å²) >= 11 is 0. The lowest BCUT2D eigenvalue weighted by Gasteiger charge is -2.25. The second kappa shape index (κ2) is 7.77. The number of nitrogens with zero attached hydrogens (tertiary/aromatic N) is 4. The Kier molecular flexibility index (Phi) is 5.61. The van der Waals surface area contributed by atoms with Crippen LogP contribution in [0.5, 0.6) is 0 Å². The molecule has 3 rings (SSSR count). The van der Waals surface area contributed by atoms with Crippen molar-refractivity contribution in [2.45, 2.75) is 44.6 Å². The Morgan fingerprint density at radius 2 is 2.00 bits per heavy atom. The highest BCUT2D eigenvalue weighted by Gasteiger charge is 2.35. The summed E-state index contributed by atoms with van der Waals surface area (Å²) in [5.41, 5.74) is 0.786. The minimum atomic E-state index is -3.65. The van der Waals surface area contributed by atoms with Crippen molar-refractivity contribution < 1.29 is 17.7 Å². The van der Waals surface area contributed by atoms with Gasteiger partial charge in [-0.1, -0.05) is 30.3 Å². The van der Waals surface area contributed by atoms with Crippen LogP contribution in [-0.4, -0.2) is 53.3 Å². The number of carbonyl (C=O) groups excluding carboxylic acids is 1. The van der Waals surface area contributed by atoms with E-state index in [1.807, 2.05) is 19.1 Å². The monoisotopic (exact) mass is 392 g/mol. The Bertz CT molecular complexity index is 925. The molecule has 2 aromatic rings. The first kappa shape index (κ1) is 19.5. The van der Waals surface area contributed by atoms with E-state index in [9.17, 15) is 13.2 Å². The maximum atomic E-state index is 13.2. The van der Waals surface area contributed by atoms with E-state index in [-0.39, 0.29) is 25.5 Å². The van der Waals surface area contributed by atoms with Crippen molar-refractivity contribution in [1.29, 1.82) is 0 Å². The van der Waals surface area contributed by atoms with Gasteiger partial charge >= 0.3 is 0 Å². The van der Waals surface area contributed by atoms with Crippen LogP contribution in [0.15, 0.2) is 33.7 Å². The third-order valence-corrected chi connectivity index (χ3v) is 6.82. The number of aryl methyl sites for hydroxylation is 2. The lowest BCUT2D eigenvalue weighted by atomic mass is 10.2. The van der Waals surface area contributed by atoms with Gasteiger partial charge in [-0.25, -0.2) is 8.42 Å². The molecule has 9 heteroatoms. The van der Waals surface area contributed by atoms with Gasteiger partial charge in [-0.15, -0.1) is 0 Å². The van der Waals surface area contributed by atoms with Gasteiger partial charge in [0.25, 0.3) is 0 Å². The predicted octanol–water partition coefficient (Wildman–Crippen LogP) is 1.92. The summed E-state index contributed by atoms with van der Waals surface area (Å²) in [7, 11) is -3.65. The fourth-order valence-corrected chi connectivity index (χ4v) is 5.16. The van der Waals surface area contributed by atoms with Gasteiger partial charge in [0.2, 0.25) is 21.8 Å². The molecular weight excluding hydrogens is 368 g/mol. The Balaban J connectivity index is 1.91. The first-order chi connectivity index (χ1) is 12.8. The van der Waals surface area contributed by atoms with Crippen molar-refractivity contribution in [3.8, 4) is 0 Å². The first-order valence-corrected chi connectivity index (χ1v) is 10.4. The number of rotatable bonds is 4. The average Bonchev–Trinajstić information content (AvgIpc) is 2.94. The maximum Gasteiger partial charge on any atom is 0.249 e. The summed E-state index contributed by atoms with van der Waals surface area (Å²) in [6, 6.07) is 6.61. The van der Waals surface area contributed by atoms with Crippen LogP contribution in [0.4, 0.5) is 0 Å². The average molecular weight is 392 g/mol. The molecule has 1 fully saturated rings. The Morgan fingerprint density at radius 1 is 1.26 bits per heavy atom. The van der Waals surface area contributed by atoms with E-state index >= 15 is 0 Å². The number of carbonyl (C=O) groups is 1. The molecule has 0 aliphatic carbocycles. The smallest absolute Gasteiger partial charge is 0.249 e. The van der Waals surface area contributed by atoms with Gasteiger partial charge in [0.15, 0.2) is 5.82 Å². The molecule has 1 unspecified atom stereocenters. The fourth-order valence-electron chi connectivity index (χ4n) is 3.42. The number of hydrogen-bond acceptors (Lipinski definition) is 6. The molecule has 0 radical (unpaired) electrons. The van der Waals surface area contributed by atoms with E-state index < -0.39 is 16.1 Å². The third-order valence-electron chi connectivity index (χ3n) is 4.82. The van der Waals surface area contributed by atoms with Gasteiger partial charge in [0, 0.05) is 26.6 Å². The van der Waals surface area contributed by atoms with Gasteiger partial charge in [-0.3, -0.25) is 4.79 Å². The second-order valence-electron chi connectivity index (χ2n) is 6.56. The zero-order chi connectivity index (χ0) is 19.6. The second-order valence-corrected chi connectivity index (χ2v) is 8.47. The molecule has 0 saturated carbocycles. The molecular formula is C18H24N4O4S. The van der Waals surface area contributed by atoms with Crippen molar-refractivity contribution in [2.75, 3.05) is 19.6 Å². The molecule has 1 amide bonds. The molecule has 0 N–H and O–H groups in total. The summed E-state index contributed by atoms with van der Waals surface area (Å²) in [5.74, 6) is 0.680. The first-order valence-electron chi connectivity index (χ1n) is 9.00. The van der Waals surface area contributed by atoms with Crippen LogP contribution >= 0.6 is 0 Å². The molecule has 1 aliphatic rings. The van der Waals surface area contributed by atoms with Crippen LogP contribution in [0.1, 0.15) is 43.6 Å². The van der Waals surface area contributed by atoms with E-state index in [0.29, 0.717) is 29.5 Å². The van der Waals surface area contributed by atoms with Crippen LogP contribution in [0.2, 0.25) is 0 Å². The van der Waals surface area contributed by atoms with E-state index in [4.69, 9.17) is 4.52 Å². The van der Waals surface area contributed by atoms with Crippen LogP contribution in [0, 0.1) is 6.92 Å². The number of amides is 1. The Hall–Kier alpha value is -2.26. The normalized spacial score (nSPS) is 19.1. The van der Waals surface area contributed by atoms with Gasteiger partial charge < -0.3 is 9.42 Å². The topological polar surface area (TPSA) is 96.6 Å². The lowest BCUT2D eigenvalue weighted by molar-refractivity contribution is -0.131. The molecule has 1 saturated heterocycles. The lowest BCUT2D eigenvalue weighted by Crippen LogP contribution is -2.37. The largest absolute Gasteiger partial charge is 0.337 e. The minimum Gasteiger partial charge on any atom is -0.337 e. The van der Waals surface area contributed by atoms with Crippen molar-refractivity contribution >= 4 is 15.9 Å². The summed E-state index contributed by atoms with van der Waals surface area (Å²) in [4.78, 5) is 18.3. The summed E-state index contributed by atoms with van der Waals surface area (Å²) in [6.45, 7) is 5.88. The maximum absolute atomic E-state index is 13.2. The number of hydrogen-bond donors (Lipinski definition) is 0. The molecule has 1 aromatic heterocycles.